The predicted molar refractivity (Wildman–Crippen MR) is 83.3 cm³/mol. The van der Waals surface area contributed by atoms with Crippen molar-refractivity contribution in [3.05, 3.63) is 53.6 Å². The molecule has 2 heterocycles. The fourth-order valence-electron chi connectivity index (χ4n) is 2.81. The van der Waals surface area contributed by atoms with Crippen molar-refractivity contribution < 1.29 is 9.53 Å². The molecule has 1 amide bonds. The van der Waals surface area contributed by atoms with E-state index in [9.17, 15) is 4.79 Å². The average Bonchev–Trinajstić information content (AvgIpc) is 2.87. The minimum absolute atomic E-state index is 0.0544. The Kier molecular flexibility index (Phi) is 4.53. The van der Waals surface area contributed by atoms with Crippen LogP contribution < -0.4 is 5.32 Å². The first-order chi connectivity index (χ1) is 10.7. The highest BCUT2D eigenvalue weighted by Crippen LogP contribution is 2.14. The van der Waals surface area contributed by atoms with E-state index >= 15 is 0 Å². The number of imidazole rings is 1. The van der Waals surface area contributed by atoms with Crippen molar-refractivity contribution in [1.82, 2.24) is 14.9 Å². The predicted octanol–water partition coefficient (Wildman–Crippen LogP) is 1.84. The zero-order chi connectivity index (χ0) is 15.4. The zero-order valence-electron chi connectivity index (χ0n) is 12.8. The van der Waals surface area contributed by atoms with E-state index in [1.165, 1.54) is 0 Å². The van der Waals surface area contributed by atoms with Gasteiger partial charge in [-0.15, -0.1) is 0 Å². The van der Waals surface area contributed by atoms with Crippen LogP contribution in [0.4, 0.5) is 0 Å². The van der Waals surface area contributed by atoms with Crippen LogP contribution in [0.1, 0.15) is 23.5 Å². The number of amides is 1. The summed E-state index contributed by atoms with van der Waals surface area (Å²) in [6, 6.07) is 10.0. The van der Waals surface area contributed by atoms with Crippen LogP contribution in [0.25, 0.3) is 0 Å². The van der Waals surface area contributed by atoms with Gasteiger partial charge in [-0.05, 0) is 18.9 Å². The third-order valence-corrected chi connectivity index (χ3v) is 3.82. The molecule has 0 fully saturated rings. The summed E-state index contributed by atoms with van der Waals surface area (Å²) in [5.41, 5.74) is 2.11. The lowest BCUT2D eigenvalue weighted by atomic mass is 10.1. The molecular weight excluding hydrogens is 278 g/mol. The molecule has 1 aliphatic rings. The standard InChI is InChI=1S/C17H21N3O2/c1-13-9-20-10-15(7-8-16(20)18-13)19-17(21)12-22-11-14-5-3-2-4-6-14/h2-6,9,15H,7-8,10-12H2,1H3,(H,19,21)/t15-/m0/s1. The van der Waals surface area contributed by atoms with Crippen molar-refractivity contribution in [3.63, 3.8) is 0 Å². The SMILES string of the molecule is Cc1cn2c(n1)CC[C@H](NC(=O)COCc1ccccc1)C2. The highest BCUT2D eigenvalue weighted by atomic mass is 16.5. The van der Waals surface area contributed by atoms with Crippen LogP contribution in [-0.4, -0.2) is 28.1 Å². The quantitative estimate of drug-likeness (QED) is 0.916. The summed E-state index contributed by atoms with van der Waals surface area (Å²) >= 11 is 0. The van der Waals surface area contributed by atoms with Crippen molar-refractivity contribution in [2.45, 2.75) is 39.0 Å². The molecule has 0 saturated carbocycles. The van der Waals surface area contributed by atoms with Crippen LogP contribution >= 0.6 is 0 Å². The minimum atomic E-state index is -0.0544. The van der Waals surface area contributed by atoms with E-state index < -0.39 is 0 Å². The number of carbonyl (C=O) groups is 1. The molecule has 1 aromatic heterocycles. The number of carbonyl (C=O) groups excluding carboxylic acids is 1. The van der Waals surface area contributed by atoms with Gasteiger partial charge in [-0.25, -0.2) is 4.98 Å². The summed E-state index contributed by atoms with van der Waals surface area (Å²) in [6.07, 6.45) is 3.88. The zero-order valence-corrected chi connectivity index (χ0v) is 12.8. The Morgan fingerprint density at radius 2 is 2.23 bits per heavy atom. The topological polar surface area (TPSA) is 56.2 Å². The van der Waals surface area contributed by atoms with Gasteiger partial charge in [-0.1, -0.05) is 30.3 Å². The second-order valence-electron chi connectivity index (χ2n) is 5.73. The van der Waals surface area contributed by atoms with Gasteiger partial charge in [0.2, 0.25) is 5.91 Å². The molecule has 1 atom stereocenters. The molecular formula is C17H21N3O2. The number of hydrogen-bond acceptors (Lipinski definition) is 3. The smallest absolute Gasteiger partial charge is 0.246 e. The van der Waals surface area contributed by atoms with E-state index in [0.29, 0.717) is 6.61 Å². The Morgan fingerprint density at radius 3 is 3.05 bits per heavy atom. The maximum Gasteiger partial charge on any atom is 0.246 e. The summed E-state index contributed by atoms with van der Waals surface area (Å²) in [7, 11) is 0. The normalized spacial score (nSPS) is 17.0. The number of benzene rings is 1. The third kappa shape index (κ3) is 3.74. The molecule has 5 nitrogen and oxygen atoms in total. The molecule has 0 bridgehead atoms. The lowest BCUT2D eigenvalue weighted by Crippen LogP contribution is -2.42. The minimum Gasteiger partial charge on any atom is -0.367 e. The van der Waals surface area contributed by atoms with Gasteiger partial charge in [-0.3, -0.25) is 4.79 Å². The van der Waals surface area contributed by atoms with Crippen LogP contribution in [0.2, 0.25) is 0 Å². The Balaban J connectivity index is 1.43. The molecule has 1 aromatic carbocycles. The van der Waals surface area contributed by atoms with Crippen LogP contribution in [0, 0.1) is 6.92 Å². The Labute approximate surface area is 130 Å². The second-order valence-corrected chi connectivity index (χ2v) is 5.73. The van der Waals surface area contributed by atoms with Gasteiger partial charge in [-0.2, -0.15) is 0 Å². The number of hydrogen-bond donors (Lipinski definition) is 1. The molecule has 116 valence electrons. The third-order valence-electron chi connectivity index (χ3n) is 3.82. The Hall–Kier alpha value is -2.14. The van der Waals surface area contributed by atoms with E-state index in [0.717, 1.165) is 36.5 Å². The number of aryl methyl sites for hydroxylation is 2. The van der Waals surface area contributed by atoms with Crippen molar-refractivity contribution >= 4 is 5.91 Å². The van der Waals surface area contributed by atoms with Crippen molar-refractivity contribution in [2.24, 2.45) is 0 Å². The fourth-order valence-corrected chi connectivity index (χ4v) is 2.81. The van der Waals surface area contributed by atoms with Crippen LogP contribution in [0.15, 0.2) is 36.5 Å². The maximum absolute atomic E-state index is 12.0. The summed E-state index contributed by atoms with van der Waals surface area (Å²) in [5.74, 6) is 1.06. The Morgan fingerprint density at radius 1 is 1.41 bits per heavy atom. The van der Waals surface area contributed by atoms with Crippen LogP contribution in [0.5, 0.6) is 0 Å². The molecule has 0 aliphatic carbocycles. The van der Waals surface area contributed by atoms with Gasteiger partial charge in [0.25, 0.3) is 0 Å². The van der Waals surface area contributed by atoms with Crippen molar-refractivity contribution in [2.75, 3.05) is 6.61 Å². The van der Waals surface area contributed by atoms with E-state index in [4.69, 9.17) is 4.74 Å². The van der Waals surface area contributed by atoms with Crippen LogP contribution in [0.3, 0.4) is 0 Å². The average molecular weight is 299 g/mol. The molecule has 0 spiro atoms. The summed E-state index contributed by atoms with van der Waals surface area (Å²) in [6.45, 7) is 3.35. The van der Waals surface area contributed by atoms with E-state index in [-0.39, 0.29) is 18.6 Å². The number of nitrogens with one attached hydrogen (secondary N) is 1. The van der Waals surface area contributed by atoms with E-state index in [1.807, 2.05) is 43.5 Å². The molecule has 1 N–H and O–H groups in total. The van der Waals surface area contributed by atoms with Gasteiger partial charge in [0.15, 0.2) is 0 Å². The fraction of sp³-hybridized carbons (Fsp3) is 0.412. The molecule has 22 heavy (non-hydrogen) atoms. The van der Waals surface area contributed by atoms with Gasteiger partial charge >= 0.3 is 0 Å². The van der Waals surface area contributed by atoms with Crippen molar-refractivity contribution in [3.8, 4) is 0 Å². The summed E-state index contributed by atoms with van der Waals surface area (Å²) < 4.78 is 7.60. The molecule has 3 rings (SSSR count). The number of nitrogens with zero attached hydrogens (tertiary/aromatic N) is 2. The molecule has 1 aliphatic heterocycles. The van der Waals surface area contributed by atoms with Gasteiger partial charge in [0.05, 0.1) is 12.3 Å². The molecule has 0 unspecified atom stereocenters. The van der Waals surface area contributed by atoms with Gasteiger partial charge in [0.1, 0.15) is 12.4 Å². The Bertz CT molecular complexity index is 637. The first-order valence-electron chi connectivity index (χ1n) is 7.64. The monoisotopic (exact) mass is 299 g/mol. The lowest BCUT2D eigenvalue weighted by Gasteiger charge is -2.24. The highest BCUT2D eigenvalue weighted by molar-refractivity contribution is 5.77. The number of aromatic nitrogens is 2. The lowest BCUT2D eigenvalue weighted by molar-refractivity contribution is -0.127. The maximum atomic E-state index is 12.0. The van der Waals surface area contributed by atoms with E-state index in [2.05, 4.69) is 14.9 Å². The van der Waals surface area contributed by atoms with Crippen LogP contribution in [-0.2, 0) is 29.1 Å². The molecule has 2 aromatic rings. The molecule has 5 heteroatoms. The largest absolute Gasteiger partial charge is 0.367 e. The van der Waals surface area contributed by atoms with Gasteiger partial charge in [0, 0.05) is 25.2 Å². The number of ether oxygens (including phenoxy) is 1. The summed E-state index contributed by atoms with van der Waals surface area (Å²) in [5, 5.41) is 3.04. The molecule has 0 saturated heterocycles. The molecule has 0 radical (unpaired) electrons. The number of rotatable bonds is 5. The van der Waals surface area contributed by atoms with E-state index in [1.54, 1.807) is 0 Å². The highest BCUT2D eigenvalue weighted by Gasteiger charge is 2.21. The first-order valence-corrected chi connectivity index (χ1v) is 7.64. The first kappa shape index (κ1) is 14.8. The summed E-state index contributed by atoms with van der Waals surface area (Å²) in [4.78, 5) is 16.4. The second kappa shape index (κ2) is 6.75. The number of fused-ring (bicyclic) bond motifs is 1. The van der Waals surface area contributed by atoms with Crippen molar-refractivity contribution in [1.29, 1.82) is 0 Å². The van der Waals surface area contributed by atoms with Gasteiger partial charge < -0.3 is 14.6 Å².